The average molecular weight is 396 g/mol. The van der Waals surface area contributed by atoms with Crippen molar-refractivity contribution < 1.29 is 18.3 Å². The van der Waals surface area contributed by atoms with Gasteiger partial charge in [-0.1, -0.05) is 6.07 Å². The molecule has 7 nitrogen and oxygen atoms in total. The number of piperidine rings is 1. The first-order chi connectivity index (χ1) is 12.9. The third-order valence-corrected chi connectivity index (χ3v) is 5.76. The zero-order chi connectivity index (χ0) is 18.8. The number of thiazole rings is 1. The summed E-state index contributed by atoms with van der Waals surface area (Å²) in [6.45, 7) is 1.41. The van der Waals surface area contributed by atoms with Gasteiger partial charge >= 0.3 is 6.18 Å². The van der Waals surface area contributed by atoms with E-state index in [1.54, 1.807) is 11.6 Å². The molecule has 2 N–H and O–H groups in total. The number of aliphatic hydroxyl groups excluding tert-OH is 1. The van der Waals surface area contributed by atoms with E-state index in [1.807, 2.05) is 4.90 Å². The highest BCUT2D eigenvalue weighted by Crippen LogP contribution is 2.36. The number of aliphatic hydroxyl groups is 1. The third kappa shape index (κ3) is 2.77. The third-order valence-electron chi connectivity index (χ3n) is 4.96. The summed E-state index contributed by atoms with van der Waals surface area (Å²) in [7, 11) is 0. The largest absolute Gasteiger partial charge is 0.418 e. The van der Waals surface area contributed by atoms with Gasteiger partial charge in [-0.05, 0) is 12.5 Å². The summed E-state index contributed by atoms with van der Waals surface area (Å²) in [6.07, 6.45) is -4.71. The second kappa shape index (κ2) is 5.88. The lowest BCUT2D eigenvalue weighted by Gasteiger charge is -2.47. The second-order valence-corrected chi connectivity index (χ2v) is 7.70. The monoisotopic (exact) mass is 396 g/mol. The summed E-state index contributed by atoms with van der Waals surface area (Å²) < 4.78 is 40.7. The van der Waals surface area contributed by atoms with Crippen molar-refractivity contribution in [3.8, 4) is 10.7 Å². The molecule has 11 heteroatoms. The van der Waals surface area contributed by atoms with Crippen molar-refractivity contribution in [2.45, 2.75) is 30.8 Å². The summed E-state index contributed by atoms with van der Waals surface area (Å²) in [5, 5.41) is 20.1. The number of hydrogen-bond acceptors (Lipinski definition) is 7. The molecule has 0 aromatic carbocycles. The predicted molar refractivity (Wildman–Crippen MR) is 92.7 cm³/mol. The Balaban J connectivity index is 1.65. The average Bonchev–Trinajstić information content (AvgIpc) is 3.29. The molecular formula is C16H15F3N6OS. The second-order valence-electron chi connectivity index (χ2n) is 6.80. The number of rotatable bonds is 3. The fourth-order valence-electron chi connectivity index (χ4n) is 3.68. The Morgan fingerprint density at radius 3 is 2.63 bits per heavy atom. The maximum Gasteiger partial charge on any atom is 0.418 e. The summed E-state index contributed by atoms with van der Waals surface area (Å²) in [5.74, 6) is 0.367. The standard InChI is InChI=1S/C16H15F3N6OS/c17-16(18,19)12(26)10-1-2-11(14-20-3-4-27-14)25-13(10)22-15(23-25)24-6-8-5-9(7-24)21-8/h1-4,8-9,12,21,26H,5-7H2. The number of alkyl halides is 3. The van der Waals surface area contributed by atoms with Crippen LogP contribution in [0.5, 0.6) is 0 Å². The van der Waals surface area contributed by atoms with Crippen LogP contribution in [0, 0.1) is 0 Å². The van der Waals surface area contributed by atoms with Crippen LogP contribution in [-0.4, -0.2) is 56.0 Å². The molecule has 2 bridgehead atoms. The zero-order valence-electron chi connectivity index (χ0n) is 13.9. The van der Waals surface area contributed by atoms with Gasteiger partial charge in [-0.15, -0.1) is 16.4 Å². The zero-order valence-corrected chi connectivity index (χ0v) is 14.7. The molecule has 0 radical (unpaired) electrons. The van der Waals surface area contributed by atoms with Crippen LogP contribution >= 0.6 is 11.3 Å². The predicted octanol–water partition coefficient (Wildman–Crippen LogP) is 2.00. The number of fused-ring (bicyclic) bond motifs is 3. The Morgan fingerprint density at radius 2 is 2.00 bits per heavy atom. The fraction of sp³-hybridized carbons (Fsp3) is 0.438. The lowest BCUT2D eigenvalue weighted by atomic mass is 9.92. The highest BCUT2D eigenvalue weighted by molar-refractivity contribution is 7.13. The molecule has 3 fully saturated rings. The molecule has 3 atom stereocenters. The molecule has 3 aromatic rings. The number of hydrogen-bond donors (Lipinski definition) is 2. The minimum absolute atomic E-state index is 0.00488. The minimum atomic E-state index is -4.79. The van der Waals surface area contributed by atoms with E-state index in [0.29, 0.717) is 41.8 Å². The van der Waals surface area contributed by atoms with Gasteiger partial charge in [0.2, 0.25) is 5.95 Å². The quantitative estimate of drug-likeness (QED) is 0.705. The van der Waals surface area contributed by atoms with Gasteiger partial charge in [0.05, 0.1) is 0 Å². The first kappa shape index (κ1) is 16.9. The molecule has 0 saturated carbocycles. The van der Waals surface area contributed by atoms with E-state index >= 15 is 0 Å². The van der Waals surface area contributed by atoms with E-state index in [9.17, 15) is 18.3 Å². The number of anilines is 1. The highest BCUT2D eigenvalue weighted by atomic mass is 32.1. The van der Waals surface area contributed by atoms with Crippen LogP contribution in [0.1, 0.15) is 18.1 Å². The van der Waals surface area contributed by atoms with Gasteiger partial charge < -0.3 is 15.3 Å². The Bertz CT molecular complexity index is 972. The molecule has 3 unspecified atom stereocenters. The van der Waals surface area contributed by atoms with Gasteiger partial charge in [-0.3, -0.25) is 0 Å². The van der Waals surface area contributed by atoms with Crippen LogP contribution in [0.2, 0.25) is 0 Å². The van der Waals surface area contributed by atoms with Gasteiger partial charge in [0.15, 0.2) is 11.8 Å². The molecule has 3 aliphatic heterocycles. The number of piperazine rings is 1. The summed E-state index contributed by atoms with van der Waals surface area (Å²) >= 11 is 1.35. The highest BCUT2D eigenvalue weighted by Gasteiger charge is 2.42. The Labute approximate surface area is 155 Å². The Morgan fingerprint density at radius 1 is 1.26 bits per heavy atom. The van der Waals surface area contributed by atoms with E-state index in [-0.39, 0.29) is 11.2 Å². The lowest BCUT2D eigenvalue weighted by molar-refractivity contribution is -0.206. The molecule has 27 heavy (non-hydrogen) atoms. The Hall–Kier alpha value is -2.24. The summed E-state index contributed by atoms with van der Waals surface area (Å²) in [4.78, 5) is 10.6. The van der Waals surface area contributed by atoms with E-state index in [2.05, 4.69) is 20.4 Å². The summed E-state index contributed by atoms with van der Waals surface area (Å²) in [6, 6.07) is 3.45. The topological polar surface area (TPSA) is 78.6 Å². The van der Waals surface area contributed by atoms with Gasteiger partial charge in [0.25, 0.3) is 0 Å². The van der Waals surface area contributed by atoms with Crippen molar-refractivity contribution in [1.82, 2.24) is 24.9 Å². The fourth-order valence-corrected chi connectivity index (χ4v) is 4.33. The van der Waals surface area contributed by atoms with E-state index in [4.69, 9.17) is 0 Å². The molecule has 6 rings (SSSR count). The maximum atomic E-state index is 13.1. The number of pyridine rings is 1. The maximum absolute atomic E-state index is 13.1. The molecule has 3 aliphatic rings. The first-order valence-electron chi connectivity index (χ1n) is 8.45. The summed E-state index contributed by atoms with van der Waals surface area (Å²) in [5.41, 5.74) is 0.216. The number of nitrogens with zero attached hydrogens (tertiary/aromatic N) is 5. The van der Waals surface area contributed by atoms with Gasteiger partial charge in [0, 0.05) is 42.3 Å². The molecule has 0 aliphatic carbocycles. The molecule has 142 valence electrons. The van der Waals surface area contributed by atoms with Gasteiger partial charge in [-0.25, -0.2) is 9.50 Å². The van der Waals surface area contributed by atoms with Crippen LogP contribution in [0.15, 0.2) is 23.7 Å². The Kier molecular flexibility index (Phi) is 3.68. The van der Waals surface area contributed by atoms with Crippen LogP contribution in [0.3, 0.4) is 0 Å². The van der Waals surface area contributed by atoms with Crippen LogP contribution in [0.25, 0.3) is 16.3 Å². The van der Waals surface area contributed by atoms with E-state index < -0.39 is 12.3 Å². The number of aromatic nitrogens is 4. The molecule has 0 spiro atoms. The van der Waals surface area contributed by atoms with Gasteiger partial charge in [0.1, 0.15) is 10.7 Å². The number of nitrogens with one attached hydrogen (secondary N) is 1. The van der Waals surface area contributed by atoms with Crippen molar-refractivity contribution in [1.29, 1.82) is 0 Å². The van der Waals surface area contributed by atoms with Crippen LogP contribution < -0.4 is 10.2 Å². The molecule has 6 heterocycles. The van der Waals surface area contributed by atoms with Crippen LogP contribution in [-0.2, 0) is 0 Å². The van der Waals surface area contributed by atoms with E-state index in [1.165, 1.54) is 28.0 Å². The van der Waals surface area contributed by atoms with E-state index in [0.717, 1.165) is 6.42 Å². The molecule has 3 saturated heterocycles. The molecular weight excluding hydrogens is 381 g/mol. The SMILES string of the molecule is OC(c1ccc(-c2nccs2)n2nc(N3CC4CC(C3)N4)nc12)C(F)(F)F. The minimum Gasteiger partial charge on any atom is -0.379 e. The van der Waals surface area contributed by atoms with Crippen molar-refractivity contribution >= 4 is 22.9 Å². The van der Waals surface area contributed by atoms with Crippen molar-refractivity contribution in [2.75, 3.05) is 18.0 Å². The first-order valence-corrected chi connectivity index (χ1v) is 9.33. The van der Waals surface area contributed by atoms with Crippen molar-refractivity contribution in [3.63, 3.8) is 0 Å². The normalized spacial score (nSPS) is 23.5. The lowest BCUT2D eigenvalue weighted by Crippen LogP contribution is -2.67. The molecule has 0 amide bonds. The number of halogens is 3. The van der Waals surface area contributed by atoms with Gasteiger partial charge in [-0.2, -0.15) is 18.2 Å². The smallest absolute Gasteiger partial charge is 0.379 e. The molecule has 3 aromatic heterocycles. The van der Waals surface area contributed by atoms with Crippen molar-refractivity contribution in [3.05, 3.63) is 29.3 Å². The van der Waals surface area contributed by atoms with Crippen molar-refractivity contribution in [2.24, 2.45) is 0 Å². The van der Waals surface area contributed by atoms with Crippen LogP contribution in [0.4, 0.5) is 19.1 Å².